The van der Waals surface area contributed by atoms with Crippen molar-refractivity contribution in [3.8, 4) is 0 Å². The Kier molecular flexibility index (Phi) is 4.80. The number of nitrogens with two attached hydrogens (primary N) is 1. The van der Waals surface area contributed by atoms with Crippen molar-refractivity contribution in [2.45, 2.75) is 38.1 Å². The van der Waals surface area contributed by atoms with Gasteiger partial charge >= 0.3 is 0 Å². The van der Waals surface area contributed by atoms with Crippen LogP contribution in [0.2, 0.25) is 0 Å². The maximum atomic E-state index is 12.6. The zero-order valence-corrected chi connectivity index (χ0v) is 13.0. The zero-order valence-electron chi connectivity index (χ0n) is 13.0. The zero-order chi connectivity index (χ0) is 16.1. The van der Waals surface area contributed by atoms with E-state index in [1.807, 2.05) is 18.3 Å². The van der Waals surface area contributed by atoms with Crippen molar-refractivity contribution >= 4 is 11.7 Å². The van der Waals surface area contributed by atoms with Gasteiger partial charge in [-0.25, -0.2) is 9.97 Å². The van der Waals surface area contributed by atoms with Gasteiger partial charge in [0, 0.05) is 24.8 Å². The Morgan fingerprint density at radius 2 is 1.96 bits per heavy atom. The second-order valence-corrected chi connectivity index (χ2v) is 5.93. The third-order valence-electron chi connectivity index (χ3n) is 4.39. The molecular weight excluding hydrogens is 290 g/mol. The molecule has 6 heteroatoms. The molecule has 1 aliphatic rings. The lowest BCUT2D eigenvalue weighted by atomic mass is 9.81. The summed E-state index contributed by atoms with van der Waals surface area (Å²) in [5.74, 6) is 0.281. The number of pyridine rings is 1. The Labute approximate surface area is 135 Å². The Balaban J connectivity index is 1.84. The minimum absolute atomic E-state index is 0.0714. The third-order valence-corrected chi connectivity index (χ3v) is 4.39. The van der Waals surface area contributed by atoms with Crippen LogP contribution in [-0.2, 0) is 0 Å². The average molecular weight is 311 g/mol. The SMILES string of the molecule is Nc1nccnc1C(=O)N[C@@H](c1cccnc1)C1CCCCC1. The van der Waals surface area contributed by atoms with E-state index in [0.29, 0.717) is 5.92 Å². The lowest BCUT2D eigenvalue weighted by Gasteiger charge is -2.31. The molecule has 0 aliphatic heterocycles. The summed E-state index contributed by atoms with van der Waals surface area (Å²) in [4.78, 5) is 24.8. The summed E-state index contributed by atoms with van der Waals surface area (Å²) < 4.78 is 0. The molecule has 0 aromatic carbocycles. The number of anilines is 1. The second kappa shape index (κ2) is 7.17. The molecule has 120 valence electrons. The molecule has 1 fully saturated rings. The van der Waals surface area contributed by atoms with E-state index in [9.17, 15) is 4.79 Å². The maximum Gasteiger partial charge on any atom is 0.274 e. The van der Waals surface area contributed by atoms with Crippen LogP contribution in [-0.4, -0.2) is 20.9 Å². The van der Waals surface area contributed by atoms with Crippen LogP contribution in [0.1, 0.15) is 54.2 Å². The summed E-state index contributed by atoms with van der Waals surface area (Å²) in [6.07, 6.45) is 12.4. The summed E-state index contributed by atoms with van der Waals surface area (Å²) >= 11 is 0. The van der Waals surface area contributed by atoms with Crippen LogP contribution < -0.4 is 11.1 Å². The fourth-order valence-electron chi connectivity index (χ4n) is 3.23. The molecule has 2 aromatic rings. The highest BCUT2D eigenvalue weighted by molar-refractivity contribution is 5.96. The first-order valence-corrected chi connectivity index (χ1v) is 8.03. The molecule has 0 radical (unpaired) electrons. The van der Waals surface area contributed by atoms with Crippen molar-refractivity contribution in [2.75, 3.05) is 5.73 Å². The standard InChI is InChI=1S/C17H21N5O/c18-16-15(20-9-10-21-16)17(23)22-14(12-5-2-1-3-6-12)13-7-4-8-19-11-13/h4,7-12,14H,1-3,5-6H2,(H2,18,21)(H,22,23)/t14-/m1/s1. The largest absolute Gasteiger partial charge is 0.382 e. The van der Waals surface area contributed by atoms with E-state index in [-0.39, 0.29) is 23.5 Å². The highest BCUT2D eigenvalue weighted by Crippen LogP contribution is 2.34. The number of nitrogens with zero attached hydrogens (tertiary/aromatic N) is 3. The lowest BCUT2D eigenvalue weighted by Crippen LogP contribution is -2.35. The fraction of sp³-hybridized carbons (Fsp3) is 0.412. The number of nitrogen functional groups attached to an aromatic ring is 1. The minimum Gasteiger partial charge on any atom is -0.382 e. The van der Waals surface area contributed by atoms with E-state index in [0.717, 1.165) is 18.4 Å². The molecule has 6 nitrogen and oxygen atoms in total. The van der Waals surface area contributed by atoms with Gasteiger partial charge in [-0.05, 0) is 30.4 Å². The third kappa shape index (κ3) is 3.64. The molecule has 2 heterocycles. The molecule has 0 spiro atoms. The average Bonchev–Trinajstić information content (AvgIpc) is 2.61. The smallest absolute Gasteiger partial charge is 0.274 e. The summed E-state index contributed by atoms with van der Waals surface area (Å²) in [6, 6.07) is 3.83. The predicted molar refractivity (Wildman–Crippen MR) is 87.5 cm³/mol. The summed E-state index contributed by atoms with van der Waals surface area (Å²) in [6.45, 7) is 0. The van der Waals surface area contributed by atoms with Crippen molar-refractivity contribution in [1.29, 1.82) is 0 Å². The van der Waals surface area contributed by atoms with Crippen molar-refractivity contribution in [2.24, 2.45) is 5.92 Å². The highest BCUT2D eigenvalue weighted by Gasteiger charge is 2.28. The molecule has 0 bridgehead atoms. The molecular formula is C17H21N5O. The van der Waals surface area contributed by atoms with Crippen molar-refractivity contribution in [3.05, 3.63) is 48.2 Å². The fourth-order valence-corrected chi connectivity index (χ4v) is 3.23. The number of hydrogen-bond acceptors (Lipinski definition) is 5. The van der Waals surface area contributed by atoms with Crippen LogP contribution in [0.25, 0.3) is 0 Å². The molecule has 23 heavy (non-hydrogen) atoms. The lowest BCUT2D eigenvalue weighted by molar-refractivity contribution is 0.0908. The molecule has 3 N–H and O–H groups in total. The topological polar surface area (TPSA) is 93.8 Å². The number of rotatable bonds is 4. The highest BCUT2D eigenvalue weighted by atomic mass is 16.2. The molecule has 0 unspecified atom stereocenters. The van der Waals surface area contributed by atoms with Gasteiger partial charge in [0.1, 0.15) is 0 Å². The van der Waals surface area contributed by atoms with Gasteiger partial charge in [-0.2, -0.15) is 0 Å². The van der Waals surface area contributed by atoms with Gasteiger partial charge in [0.05, 0.1) is 6.04 Å². The van der Waals surface area contributed by atoms with E-state index < -0.39 is 0 Å². The van der Waals surface area contributed by atoms with Gasteiger partial charge in [0.2, 0.25) is 0 Å². The van der Waals surface area contributed by atoms with Crippen LogP contribution in [0.5, 0.6) is 0 Å². The van der Waals surface area contributed by atoms with Gasteiger partial charge in [-0.3, -0.25) is 9.78 Å². The molecule has 2 aromatic heterocycles. The number of aromatic nitrogens is 3. The molecule has 1 saturated carbocycles. The number of hydrogen-bond donors (Lipinski definition) is 2. The summed E-state index contributed by atoms with van der Waals surface area (Å²) in [7, 11) is 0. The Morgan fingerprint density at radius 3 is 2.65 bits per heavy atom. The van der Waals surface area contributed by atoms with Crippen LogP contribution in [0.15, 0.2) is 36.9 Å². The van der Waals surface area contributed by atoms with E-state index >= 15 is 0 Å². The van der Waals surface area contributed by atoms with E-state index in [2.05, 4.69) is 20.3 Å². The van der Waals surface area contributed by atoms with Crippen LogP contribution in [0.4, 0.5) is 5.82 Å². The van der Waals surface area contributed by atoms with Gasteiger partial charge in [-0.15, -0.1) is 0 Å². The van der Waals surface area contributed by atoms with Gasteiger partial charge in [-0.1, -0.05) is 25.3 Å². The second-order valence-electron chi connectivity index (χ2n) is 5.93. The molecule has 1 amide bonds. The van der Waals surface area contributed by atoms with E-state index in [1.165, 1.54) is 31.7 Å². The minimum atomic E-state index is -0.282. The van der Waals surface area contributed by atoms with E-state index in [1.54, 1.807) is 6.20 Å². The molecule has 1 aliphatic carbocycles. The number of carbonyl (C=O) groups is 1. The normalized spacial score (nSPS) is 16.7. The Hall–Kier alpha value is -2.50. The monoisotopic (exact) mass is 311 g/mol. The maximum absolute atomic E-state index is 12.6. The Bertz CT molecular complexity index is 655. The first-order valence-electron chi connectivity index (χ1n) is 8.03. The van der Waals surface area contributed by atoms with E-state index in [4.69, 9.17) is 5.73 Å². The predicted octanol–water partition coefficient (Wildman–Crippen LogP) is 2.51. The molecule has 1 atom stereocenters. The van der Waals surface area contributed by atoms with Gasteiger partial charge in [0.15, 0.2) is 11.5 Å². The molecule has 3 rings (SSSR count). The Morgan fingerprint density at radius 1 is 1.17 bits per heavy atom. The number of carbonyl (C=O) groups excluding carboxylic acids is 1. The van der Waals surface area contributed by atoms with Crippen molar-refractivity contribution in [3.63, 3.8) is 0 Å². The quantitative estimate of drug-likeness (QED) is 0.904. The number of amides is 1. The first-order chi connectivity index (χ1) is 11.3. The summed E-state index contributed by atoms with van der Waals surface area (Å²) in [5, 5.41) is 3.10. The van der Waals surface area contributed by atoms with Crippen LogP contribution >= 0.6 is 0 Å². The molecule has 0 saturated heterocycles. The summed E-state index contributed by atoms with van der Waals surface area (Å²) in [5.41, 5.74) is 6.97. The van der Waals surface area contributed by atoms with Gasteiger partial charge < -0.3 is 11.1 Å². The first kappa shape index (κ1) is 15.4. The van der Waals surface area contributed by atoms with Crippen molar-refractivity contribution < 1.29 is 4.79 Å². The van der Waals surface area contributed by atoms with Gasteiger partial charge in [0.25, 0.3) is 5.91 Å². The van der Waals surface area contributed by atoms with Crippen LogP contribution in [0, 0.1) is 5.92 Å². The van der Waals surface area contributed by atoms with Crippen molar-refractivity contribution in [1.82, 2.24) is 20.3 Å². The number of nitrogens with one attached hydrogen (secondary N) is 1. The van der Waals surface area contributed by atoms with Crippen LogP contribution in [0.3, 0.4) is 0 Å².